The van der Waals surface area contributed by atoms with Gasteiger partial charge in [0.05, 0.1) is 32.1 Å². The number of hydrogen-bond acceptors (Lipinski definition) is 10. The van der Waals surface area contributed by atoms with E-state index in [1.807, 2.05) is 60.9 Å². The van der Waals surface area contributed by atoms with Gasteiger partial charge in [-0.25, -0.2) is 0 Å². The Morgan fingerprint density at radius 3 is 1.31 bits per heavy atom. The van der Waals surface area contributed by atoms with Crippen LogP contribution in [0.3, 0.4) is 0 Å². The van der Waals surface area contributed by atoms with E-state index in [0.717, 1.165) is 66.4 Å². The summed E-state index contributed by atoms with van der Waals surface area (Å²) in [6, 6.07) is 64.2. The number of fused-ring (bicyclic) bond motifs is 8. The maximum atomic E-state index is 10.0. The summed E-state index contributed by atoms with van der Waals surface area (Å²) < 4.78 is 14.8. The molecule has 0 spiro atoms. The molecule has 0 amide bonds. The molecule has 6 aromatic heterocycles. The third kappa shape index (κ3) is 14.0. The fourth-order valence-corrected chi connectivity index (χ4v) is 12.0. The summed E-state index contributed by atoms with van der Waals surface area (Å²) in [5, 5.41) is 23.5. The standard InChI is InChI=1S/C33H22NOS.C29H22NOS.2C5H8O2.2Ir/c1-20-7-5-8-21(2)32(20)23-15-13-22(14-16-23)30-18-24-17-28(34-19-31(24)36-30)27-11-6-10-26-25-9-3-4-12-29(25)35-33(26)27;1-29(2,3)20-13-11-18(12-14-20)26-16-19-15-24(30-17-27(19)32-26)23-9-6-8-22-21-7-4-5-10-25(21)31-28(22)23;2*1-4(6)3-5(2)7;;/h3-10,12-19H,1-2H3;4-8,10-17H,1-3H3;2*3,6H,1-2H3;;/q2*-1;;;;. The first-order valence-electron chi connectivity index (χ1n) is 26.9. The van der Waals surface area contributed by atoms with E-state index in [2.05, 4.69) is 162 Å². The van der Waals surface area contributed by atoms with Crippen LogP contribution < -0.4 is 0 Å². The van der Waals surface area contributed by atoms with Crippen LogP contribution >= 0.6 is 22.7 Å². The summed E-state index contributed by atoms with van der Waals surface area (Å²) in [5.74, 6) is -0.125. The van der Waals surface area contributed by atoms with Gasteiger partial charge in [-0.1, -0.05) is 158 Å². The molecule has 2 radical (unpaired) electrons. The normalized spacial score (nSPS) is 11.5. The first-order valence-corrected chi connectivity index (χ1v) is 28.5. The number of ketones is 2. The van der Waals surface area contributed by atoms with Crippen molar-refractivity contribution in [2.24, 2.45) is 0 Å². The van der Waals surface area contributed by atoms with Crippen LogP contribution in [0.5, 0.6) is 0 Å². The Hall–Kier alpha value is -7.92. The van der Waals surface area contributed by atoms with Crippen molar-refractivity contribution in [3.63, 3.8) is 0 Å². The van der Waals surface area contributed by atoms with Gasteiger partial charge in [0.15, 0.2) is 11.6 Å². The third-order valence-corrected chi connectivity index (χ3v) is 16.1. The van der Waals surface area contributed by atoms with E-state index >= 15 is 0 Å². The van der Waals surface area contributed by atoms with Crippen LogP contribution in [0, 0.1) is 26.0 Å². The van der Waals surface area contributed by atoms with E-state index in [-0.39, 0.29) is 68.7 Å². The van der Waals surface area contributed by atoms with Crippen molar-refractivity contribution in [1.29, 1.82) is 0 Å². The molecule has 2 N–H and O–H groups in total. The molecule has 12 heteroatoms. The molecule has 0 saturated heterocycles. The number of para-hydroxylation sites is 2. The number of rotatable bonds is 7. The Labute approximate surface area is 524 Å². The summed E-state index contributed by atoms with van der Waals surface area (Å²) in [7, 11) is 0. The molecular formula is C72H60Ir2N2O6S2-2. The minimum atomic E-state index is -0.125. The Morgan fingerprint density at radius 1 is 0.512 bits per heavy atom. The molecule has 0 fully saturated rings. The number of allylic oxidation sites excluding steroid dienone is 4. The molecule has 13 aromatic rings. The van der Waals surface area contributed by atoms with Gasteiger partial charge in [-0.15, -0.1) is 59.1 Å². The summed E-state index contributed by atoms with van der Waals surface area (Å²) in [5.41, 5.74) is 16.2. The van der Waals surface area contributed by atoms with Crippen LogP contribution in [0.25, 0.3) is 119 Å². The predicted octanol–water partition coefficient (Wildman–Crippen LogP) is 20.3. The van der Waals surface area contributed by atoms with Gasteiger partial charge in [-0.05, 0) is 132 Å². The third-order valence-electron chi connectivity index (χ3n) is 13.8. The van der Waals surface area contributed by atoms with Crippen LogP contribution in [0.1, 0.15) is 65.2 Å². The molecule has 6 heterocycles. The van der Waals surface area contributed by atoms with Crippen molar-refractivity contribution >= 4 is 98.3 Å². The Kier molecular flexibility index (Phi) is 19.8. The second-order valence-corrected chi connectivity index (χ2v) is 23.5. The van der Waals surface area contributed by atoms with Crippen molar-refractivity contribution < 1.29 is 68.8 Å². The molecule has 13 rings (SSSR count). The molecule has 0 unspecified atom stereocenters. The second-order valence-electron chi connectivity index (χ2n) is 21.3. The number of carbonyl (C=O) groups excluding carboxylic acids is 2. The summed E-state index contributed by atoms with van der Waals surface area (Å²) in [6.45, 7) is 16.8. The number of aliphatic hydroxyl groups excluding tert-OH is 2. The fourth-order valence-electron chi connectivity index (χ4n) is 10.0. The average molecular weight is 1500 g/mol. The zero-order valence-electron chi connectivity index (χ0n) is 47.8. The first-order chi connectivity index (χ1) is 39.4. The maximum Gasteiger partial charge on any atom is 0.155 e. The van der Waals surface area contributed by atoms with Crippen LogP contribution in [-0.4, -0.2) is 31.7 Å². The fraction of sp³-hybridized carbons (Fsp3) is 0.139. The predicted molar refractivity (Wildman–Crippen MR) is 341 cm³/mol. The van der Waals surface area contributed by atoms with Crippen LogP contribution in [0.2, 0.25) is 0 Å². The van der Waals surface area contributed by atoms with Crippen molar-refractivity contribution in [2.45, 2.75) is 67.7 Å². The number of aromatic nitrogens is 2. The molecule has 84 heavy (non-hydrogen) atoms. The number of carbonyl (C=O) groups is 2. The van der Waals surface area contributed by atoms with Crippen molar-refractivity contribution in [3.8, 4) is 54.5 Å². The van der Waals surface area contributed by atoms with Crippen LogP contribution in [0.4, 0.5) is 0 Å². The average Bonchev–Trinajstić information content (AvgIpc) is 4.46. The summed E-state index contributed by atoms with van der Waals surface area (Å²) >= 11 is 3.55. The van der Waals surface area contributed by atoms with E-state index in [4.69, 9.17) is 29.0 Å². The van der Waals surface area contributed by atoms with Gasteiger partial charge in [0.2, 0.25) is 0 Å². The van der Waals surface area contributed by atoms with E-state index in [1.54, 1.807) is 22.7 Å². The molecule has 426 valence electrons. The van der Waals surface area contributed by atoms with E-state index in [9.17, 15) is 9.59 Å². The SMILES string of the molecule is CC(=O)C=C(C)O.CC(=O)C=C(C)O.CC(C)(C)c1ccc(-c2cc3cc(-c4[c-]ccc5c4oc4ccccc45)ncc3s2)cc1.Cc1cccc(C)c1-c1ccc(-c2cc3cc(-c4[c-]ccc5c4oc4ccccc45)ncc3s2)cc1.[Ir].[Ir]. The topological polar surface area (TPSA) is 127 Å². The Balaban J connectivity index is 0.000000176. The monoisotopic (exact) mass is 1500 g/mol. The van der Waals surface area contributed by atoms with Crippen LogP contribution in [-0.2, 0) is 55.2 Å². The Morgan fingerprint density at radius 2 is 0.917 bits per heavy atom. The number of hydrogen-bond donors (Lipinski definition) is 2. The Bertz CT molecular complexity index is 4520. The number of furan rings is 2. The molecule has 7 aromatic carbocycles. The molecule has 0 aliphatic heterocycles. The molecule has 0 atom stereocenters. The van der Waals surface area contributed by atoms with Crippen LogP contribution in [0.15, 0.2) is 209 Å². The van der Waals surface area contributed by atoms with Gasteiger partial charge in [-0.2, -0.15) is 0 Å². The van der Waals surface area contributed by atoms with Gasteiger partial charge in [0, 0.05) is 85.3 Å². The van der Waals surface area contributed by atoms with Gasteiger partial charge in [0.1, 0.15) is 11.2 Å². The minimum Gasteiger partial charge on any atom is -0.512 e. The van der Waals surface area contributed by atoms with E-state index in [1.165, 1.54) is 109 Å². The van der Waals surface area contributed by atoms with Crippen molar-refractivity contribution in [2.75, 3.05) is 0 Å². The van der Waals surface area contributed by atoms with Gasteiger partial charge >= 0.3 is 0 Å². The molecular weight excluding hydrogens is 1440 g/mol. The summed E-state index contributed by atoms with van der Waals surface area (Å²) in [4.78, 5) is 32.1. The van der Waals surface area contributed by atoms with Crippen molar-refractivity contribution in [3.05, 3.63) is 229 Å². The number of aliphatic hydroxyl groups is 2. The zero-order valence-corrected chi connectivity index (χ0v) is 54.2. The van der Waals surface area contributed by atoms with Gasteiger partial charge in [0.25, 0.3) is 0 Å². The smallest absolute Gasteiger partial charge is 0.155 e. The molecule has 0 aliphatic carbocycles. The van der Waals surface area contributed by atoms with Gasteiger partial charge < -0.3 is 29.0 Å². The number of aryl methyl sites for hydroxylation is 2. The van der Waals surface area contributed by atoms with E-state index < -0.39 is 0 Å². The van der Waals surface area contributed by atoms with E-state index in [0.29, 0.717) is 0 Å². The zero-order chi connectivity index (χ0) is 57.8. The van der Waals surface area contributed by atoms with Gasteiger partial charge in [-0.3, -0.25) is 9.59 Å². The maximum absolute atomic E-state index is 10.0. The minimum absolute atomic E-state index is 0. The number of nitrogens with zero attached hydrogens (tertiary/aromatic N) is 2. The largest absolute Gasteiger partial charge is 0.512 e. The number of pyridine rings is 2. The molecule has 8 nitrogen and oxygen atoms in total. The summed E-state index contributed by atoms with van der Waals surface area (Å²) in [6.07, 6.45) is 6.27. The molecule has 0 aliphatic rings. The first kappa shape index (κ1) is 62.1. The number of benzene rings is 7. The molecule has 0 saturated carbocycles. The second kappa shape index (κ2) is 26.8. The molecule has 0 bridgehead atoms. The van der Waals surface area contributed by atoms with Crippen molar-refractivity contribution in [1.82, 2.24) is 9.97 Å². The quantitative estimate of drug-likeness (QED) is 0.0918. The number of thiophene rings is 2.